The number of aryl methyl sites for hydroxylation is 1. The van der Waals surface area contributed by atoms with Crippen molar-refractivity contribution < 1.29 is 0 Å². The maximum absolute atomic E-state index is 4.76. The first kappa shape index (κ1) is 15.1. The number of imidazole rings is 1. The van der Waals surface area contributed by atoms with Crippen LogP contribution in [0.4, 0.5) is 0 Å². The molecule has 1 saturated carbocycles. The van der Waals surface area contributed by atoms with Gasteiger partial charge in [0.2, 0.25) is 0 Å². The minimum Gasteiger partial charge on any atom is -0.323 e. The summed E-state index contributed by atoms with van der Waals surface area (Å²) in [6.07, 6.45) is 7.19. The summed E-state index contributed by atoms with van der Waals surface area (Å²) in [5.41, 5.74) is 3.66. The molecule has 1 atom stereocenters. The van der Waals surface area contributed by atoms with E-state index in [2.05, 4.69) is 52.8 Å². The van der Waals surface area contributed by atoms with Crippen LogP contribution in [-0.4, -0.2) is 24.3 Å². The highest BCUT2D eigenvalue weighted by molar-refractivity contribution is 5.63. The summed E-state index contributed by atoms with van der Waals surface area (Å²) in [5, 5.41) is 4.38. The molecule has 0 aliphatic heterocycles. The van der Waals surface area contributed by atoms with Crippen molar-refractivity contribution in [2.24, 2.45) is 0 Å². The number of rotatable bonds is 6. The van der Waals surface area contributed by atoms with E-state index in [1.54, 1.807) is 6.33 Å². The van der Waals surface area contributed by atoms with E-state index in [9.17, 15) is 0 Å². The molecule has 1 aliphatic rings. The van der Waals surface area contributed by atoms with Crippen molar-refractivity contribution >= 4 is 0 Å². The Morgan fingerprint density at radius 3 is 2.67 bits per heavy atom. The fraction of sp³-hybridized carbons (Fsp3) is 0.421. The lowest BCUT2D eigenvalue weighted by atomic mass is 10.1. The zero-order valence-electron chi connectivity index (χ0n) is 14.3. The summed E-state index contributed by atoms with van der Waals surface area (Å²) < 4.78 is 4.32. The highest BCUT2D eigenvalue weighted by Crippen LogP contribution is 2.45. The molecular formula is C19H23N5. The maximum atomic E-state index is 4.76. The molecule has 0 N–H and O–H groups in total. The van der Waals surface area contributed by atoms with E-state index in [-0.39, 0.29) is 6.04 Å². The Hall–Kier alpha value is -2.43. The van der Waals surface area contributed by atoms with E-state index >= 15 is 0 Å². The average molecular weight is 321 g/mol. The summed E-state index contributed by atoms with van der Waals surface area (Å²) in [6.45, 7) is 5.26. The van der Waals surface area contributed by atoms with Crippen LogP contribution >= 0.6 is 0 Å². The average Bonchev–Trinajstić information content (AvgIpc) is 3.18. The SMILES string of the molecule is CCCn1ncnc1[C@H](C)n1cnc(-c2ccccc2)c1C1CC1. The second-order valence-corrected chi connectivity index (χ2v) is 6.54. The molecule has 0 unspecified atom stereocenters. The lowest BCUT2D eigenvalue weighted by molar-refractivity contribution is 0.498. The minimum atomic E-state index is 0.139. The molecule has 2 heterocycles. The summed E-state index contributed by atoms with van der Waals surface area (Å²) in [5.74, 6) is 1.63. The molecule has 0 radical (unpaired) electrons. The second kappa shape index (κ2) is 6.23. The van der Waals surface area contributed by atoms with Crippen molar-refractivity contribution in [3.63, 3.8) is 0 Å². The van der Waals surface area contributed by atoms with Gasteiger partial charge in [0.05, 0.1) is 18.1 Å². The third-order valence-electron chi connectivity index (χ3n) is 4.72. The predicted octanol–water partition coefficient (Wildman–Crippen LogP) is 4.04. The topological polar surface area (TPSA) is 48.5 Å². The maximum Gasteiger partial charge on any atom is 0.149 e. The van der Waals surface area contributed by atoms with Gasteiger partial charge in [-0.05, 0) is 26.2 Å². The molecule has 3 aromatic rings. The van der Waals surface area contributed by atoms with Gasteiger partial charge >= 0.3 is 0 Å². The van der Waals surface area contributed by atoms with Crippen LogP contribution in [0.3, 0.4) is 0 Å². The lowest BCUT2D eigenvalue weighted by Gasteiger charge is -2.17. The molecule has 24 heavy (non-hydrogen) atoms. The monoisotopic (exact) mass is 321 g/mol. The third-order valence-corrected chi connectivity index (χ3v) is 4.72. The van der Waals surface area contributed by atoms with Crippen LogP contribution in [0.25, 0.3) is 11.3 Å². The van der Waals surface area contributed by atoms with Gasteiger partial charge in [0.25, 0.3) is 0 Å². The molecule has 1 aliphatic carbocycles. The fourth-order valence-corrected chi connectivity index (χ4v) is 3.36. The van der Waals surface area contributed by atoms with Crippen LogP contribution in [0.2, 0.25) is 0 Å². The quantitative estimate of drug-likeness (QED) is 0.688. The lowest BCUT2D eigenvalue weighted by Crippen LogP contribution is -2.16. The van der Waals surface area contributed by atoms with Gasteiger partial charge < -0.3 is 4.57 Å². The normalized spacial score (nSPS) is 15.6. The summed E-state index contributed by atoms with van der Waals surface area (Å²) in [4.78, 5) is 9.28. The first-order valence-corrected chi connectivity index (χ1v) is 8.79. The first-order chi connectivity index (χ1) is 11.8. The van der Waals surface area contributed by atoms with Crippen LogP contribution in [0.5, 0.6) is 0 Å². The molecule has 1 fully saturated rings. The van der Waals surface area contributed by atoms with Crippen LogP contribution in [0.15, 0.2) is 43.0 Å². The zero-order valence-corrected chi connectivity index (χ0v) is 14.3. The van der Waals surface area contributed by atoms with E-state index in [0.29, 0.717) is 5.92 Å². The van der Waals surface area contributed by atoms with Crippen molar-refractivity contribution in [2.45, 2.75) is 51.6 Å². The van der Waals surface area contributed by atoms with Gasteiger partial charge in [-0.1, -0.05) is 37.3 Å². The summed E-state index contributed by atoms with van der Waals surface area (Å²) in [6, 6.07) is 10.6. The molecule has 5 heteroatoms. The summed E-state index contributed by atoms with van der Waals surface area (Å²) >= 11 is 0. The number of hydrogen-bond donors (Lipinski definition) is 0. The van der Waals surface area contributed by atoms with Crippen molar-refractivity contribution in [3.05, 3.63) is 54.5 Å². The second-order valence-electron chi connectivity index (χ2n) is 6.54. The van der Waals surface area contributed by atoms with E-state index in [1.807, 2.05) is 17.1 Å². The smallest absolute Gasteiger partial charge is 0.149 e. The molecule has 4 rings (SSSR count). The van der Waals surface area contributed by atoms with Crippen LogP contribution in [0.1, 0.15) is 56.6 Å². The van der Waals surface area contributed by atoms with Crippen LogP contribution in [-0.2, 0) is 6.54 Å². The van der Waals surface area contributed by atoms with Gasteiger partial charge in [-0.2, -0.15) is 5.10 Å². The van der Waals surface area contributed by atoms with Gasteiger partial charge in [0.15, 0.2) is 0 Å². The van der Waals surface area contributed by atoms with E-state index in [0.717, 1.165) is 24.5 Å². The number of nitrogens with zero attached hydrogens (tertiary/aromatic N) is 5. The van der Waals surface area contributed by atoms with Gasteiger partial charge in [0, 0.05) is 23.7 Å². The zero-order chi connectivity index (χ0) is 16.5. The number of hydrogen-bond acceptors (Lipinski definition) is 3. The third kappa shape index (κ3) is 2.64. The van der Waals surface area contributed by atoms with E-state index < -0.39 is 0 Å². The first-order valence-electron chi connectivity index (χ1n) is 8.79. The Bertz CT molecular complexity index is 813. The van der Waals surface area contributed by atoms with E-state index in [1.165, 1.54) is 24.1 Å². The van der Waals surface area contributed by atoms with Crippen LogP contribution in [0, 0.1) is 0 Å². The Labute approximate surface area is 142 Å². The Balaban J connectivity index is 1.76. The van der Waals surface area contributed by atoms with Gasteiger partial charge in [-0.25, -0.2) is 14.6 Å². The molecule has 5 nitrogen and oxygen atoms in total. The van der Waals surface area contributed by atoms with Crippen molar-refractivity contribution in [3.8, 4) is 11.3 Å². The minimum absolute atomic E-state index is 0.139. The Kier molecular flexibility index (Phi) is 3.92. The van der Waals surface area contributed by atoms with Crippen molar-refractivity contribution in [1.29, 1.82) is 0 Å². The van der Waals surface area contributed by atoms with E-state index in [4.69, 9.17) is 4.98 Å². The van der Waals surface area contributed by atoms with Gasteiger partial charge in [-0.3, -0.25) is 0 Å². The predicted molar refractivity (Wildman–Crippen MR) is 93.8 cm³/mol. The number of aromatic nitrogens is 5. The molecule has 0 bridgehead atoms. The Morgan fingerprint density at radius 2 is 1.96 bits per heavy atom. The molecule has 0 amide bonds. The van der Waals surface area contributed by atoms with Gasteiger partial charge in [-0.15, -0.1) is 0 Å². The molecule has 0 spiro atoms. The largest absolute Gasteiger partial charge is 0.323 e. The van der Waals surface area contributed by atoms with Crippen molar-refractivity contribution in [2.75, 3.05) is 0 Å². The molecular weight excluding hydrogens is 298 g/mol. The Morgan fingerprint density at radius 1 is 1.17 bits per heavy atom. The number of benzene rings is 1. The van der Waals surface area contributed by atoms with Crippen molar-refractivity contribution in [1.82, 2.24) is 24.3 Å². The summed E-state index contributed by atoms with van der Waals surface area (Å²) in [7, 11) is 0. The van der Waals surface area contributed by atoms with Crippen LogP contribution < -0.4 is 0 Å². The highest BCUT2D eigenvalue weighted by atomic mass is 15.3. The standard InChI is InChI=1S/C19H23N5/c1-3-11-24-19(20-12-22-24)14(2)23-13-21-17(18(23)16-9-10-16)15-7-5-4-6-8-15/h4-8,12-14,16H,3,9-11H2,1-2H3/t14-/m0/s1. The molecule has 124 valence electrons. The van der Waals surface area contributed by atoms with Gasteiger partial charge in [0.1, 0.15) is 12.2 Å². The highest BCUT2D eigenvalue weighted by Gasteiger charge is 2.32. The molecule has 1 aromatic carbocycles. The molecule has 0 saturated heterocycles. The molecule has 2 aromatic heterocycles. The fourth-order valence-electron chi connectivity index (χ4n) is 3.36.